The summed E-state index contributed by atoms with van der Waals surface area (Å²) in [5.41, 5.74) is -1.13. The summed E-state index contributed by atoms with van der Waals surface area (Å²) in [4.78, 5) is 27.1. The molecule has 0 N–H and O–H groups in total. The van der Waals surface area contributed by atoms with E-state index in [1.54, 1.807) is 11.8 Å². The van der Waals surface area contributed by atoms with Crippen LogP contribution >= 0.6 is 0 Å². The average molecular weight is 304 g/mol. The quantitative estimate of drug-likeness (QED) is 0.782. The number of halogens is 2. The summed E-state index contributed by atoms with van der Waals surface area (Å²) >= 11 is 0. The molecule has 0 saturated carbocycles. The van der Waals surface area contributed by atoms with Crippen LogP contribution in [0.1, 0.15) is 26.7 Å². The van der Waals surface area contributed by atoms with Crippen LogP contribution in [0.3, 0.4) is 0 Å². The predicted molar refractivity (Wildman–Crippen MR) is 71.9 cm³/mol. The van der Waals surface area contributed by atoms with Gasteiger partial charge in [0.05, 0.1) is 12.0 Å². The maximum atomic E-state index is 14.0. The van der Waals surface area contributed by atoms with Crippen LogP contribution in [-0.4, -0.2) is 66.9 Å². The molecule has 21 heavy (non-hydrogen) atoms. The molecule has 2 fully saturated rings. The molecule has 2 heterocycles. The molecular weight excluding hydrogens is 282 g/mol. The Morgan fingerprint density at radius 1 is 1.33 bits per heavy atom. The van der Waals surface area contributed by atoms with E-state index in [0.29, 0.717) is 26.1 Å². The Morgan fingerprint density at radius 3 is 2.62 bits per heavy atom. The van der Waals surface area contributed by atoms with Crippen molar-refractivity contribution in [3.63, 3.8) is 0 Å². The zero-order chi connectivity index (χ0) is 15.7. The van der Waals surface area contributed by atoms with Crippen molar-refractivity contribution in [2.24, 2.45) is 5.41 Å². The summed E-state index contributed by atoms with van der Waals surface area (Å²) in [6.45, 7) is 4.15. The molecule has 0 aromatic heterocycles. The minimum atomic E-state index is -3.03. The summed E-state index contributed by atoms with van der Waals surface area (Å²) in [6.07, 6.45) is -0.0819. The maximum Gasteiger partial charge on any atom is 0.266 e. The van der Waals surface area contributed by atoms with E-state index in [1.807, 2.05) is 6.92 Å². The standard InChI is InChI=1S/C14H22F2N2O3/c1-3-17-6-5-13(12(17)20)8-14(15,16)10-18(9-13)11(19)7-21-4-2/h3-10H2,1-2H3/t13-/m0/s1. The first-order valence-electron chi connectivity index (χ1n) is 7.36. The van der Waals surface area contributed by atoms with Gasteiger partial charge in [-0.25, -0.2) is 8.78 Å². The Bertz CT molecular complexity index is 430. The van der Waals surface area contributed by atoms with Crippen molar-refractivity contribution >= 4 is 11.8 Å². The highest BCUT2D eigenvalue weighted by atomic mass is 19.3. The number of rotatable bonds is 4. The topological polar surface area (TPSA) is 49.9 Å². The van der Waals surface area contributed by atoms with E-state index in [1.165, 1.54) is 0 Å². The molecule has 7 heteroatoms. The second kappa shape index (κ2) is 5.87. The van der Waals surface area contributed by atoms with Gasteiger partial charge >= 0.3 is 0 Å². The molecule has 0 aliphatic carbocycles. The molecule has 0 radical (unpaired) electrons. The lowest BCUT2D eigenvalue weighted by atomic mass is 9.77. The van der Waals surface area contributed by atoms with Crippen molar-refractivity contribution in [2.45, 2.75) is 32.6 Å². The molecule has 0 aromatic carbocycles. The summed E-state index contributed by atoms with van der Waals surface area (Å²) in [5.74, 6) is -3.75. The third-order valence-corrected chi connectivity index (χ3v) is 4.28. The number of carbonyl (C=O) groups is 2. The van der Waals surface area contributed by atoms with E-state index in [0.717, 1.165) is 4.90 Å². The molecule has 0 aromatic rings. The number of piperidine rings is 1. The fourth-order valence-electron chi connectivity index (χ4n) is 3.27. The summed E-state index contributed by atoms with van der Waals surface area (Å²) in [7, 11) is 0. The van der Waals surface area contributed by atoms with Crippen LogP contribution in [0.5, 0.6) is 0 Å². The van der Waals surface area contributed by atoms with Crippen LogP contribution in [0.15, 0.2) is 0 Å². The molecular formula is C14H22F2N2O3. The van der Waals surface area contributed by atoms with Gasteiger partial charge in [0.2, 0.25) is 11.8 Å². The maximum absolute atomic E-state index is 14.0. The van der Waals surface area contributed by atoms with E-state index in [2.05, 4.69) is 0 Å². The van der Waals surface area contributed by atoms with Crippen LogP contribution in [0.4, 0.5) is 8.78 Å². The van der Waals surface area contributed by atoms with E-state index in [4.69, 9.17) is 4.74 Å². The third-order valence-electron chi connectivity index (χ3n) is 4.28. The lowest BCUT2D eigenvalue weighted by Gasteiger charge is -2.42. The zero-order valence-electron chi connectivity index (χ0n) is 12.5. The van der Waals surface area contributed by atoms with Gasteiger partial charge in [0.15, 0.2) is 0 Å². The Kier molecular flexibility index (Phi) is 4.51. The van der Waals surface area contributed by atoms with Gasteiger partial charge < -0.3 is 14.5 Å². The lowest BCUT2D eigenvalue weighted by Crippen LogP contribution is -2.57. The highest BCUT2D eigenvalue weighted by molar-refractivity contribution is 5.87. The van der Waals surface area contributed by atoms with Gasteiger partial charge in [-0.15, -0.1) is 0 Å². The number of carbonyl (C=O) groups excluding carboxylic acids is 2. The molecule has 1 atom stereocenters. The number of alkyl halides is 2. The number of hydrogen-bond donors (Lipinski definition) is 0. The van der Waals surface area contributed by atoms with Gasteiger partial charge in [0, 0.05) is 32.7 Å². The minimum Gasteiger partial charge on any atom is -0.372 e. The summed E-state index contributed by atoms with van der Waals surface area (Å²) < 4.78 is 33.1. The van der Waals surface area contributed by atoms with Crippen LogP contribution in [0.25, 0.3) is 0 Å². The fraction of sp³-hybridized carbons (Fsp3) is 0.857. The van der Waals surface area contributed by atoms with Crippen molar-refractivity contribution in [2.75, 3.05) is 39.4 Å². The molecule has 120 valence electrons. The van der Waals surface area contributed by atoms with Crippen molar-refractivity contribution in [3.8, 4) is 0 Å². The molecule has 2 amide bonds. The van der Waals surface area contributed by atoms with Crippen LogP contribution < -0.4 is 0 Å². The first-order chi connectivity index (χ1) is 9.83. The molecule has 2 aliphatic heterocycles. The van der Waals surface area contributed by atoms with E-state index >= 15 is 0 Å². The smallest absolute Gasteiger partial charge is 0.266 e. The zero-order valence-corrected chi connectivity index (χ0v) is 12.5. The molecule has 5 nitrogen and oxygen atoms in total. The minimum absolute atomic E-state index is 0.0732. The fourth-order valence-corrected chi connectivity index (χ4v) is 3.27. The second-order valence-electron chi connectivity index (χ2n) is 5.83. The molecule has 2 rings (SSSR count). The molecule has 1 spiro atoms. The van der Waals surface area contributed by atoms with Gasteiger partial charge in [-0.1, -0.05) is 0 Å². The molecule has 2 aliphatic rings. The van der Waals surface area contributed by atoms with Crippen LogP contribution in [0.2, 0.25) is 0 Å². The molecule has 2 saturated heterocycles. The third kappa shape index (κ3) is 3.17. The van der Waals surface area contributed by atoms with Crippen LogP contribution in [0, 0.1) is 5.41 Å². The number of nitrogens with zero attached hydrogens (tertiary/aromatic N) is 2. The number of likely N-dealkylation sites (tertiary alicyclic amines) is 2. The SMILES string of the molecule is CCOCC(=O)N1CC(F)(F)C[C@@]2(CCN(CC)C2=O)C1. The normalized spacial score (nSPS) is 28.5. The molecule has 0 bridgehead atoms. The van der Waals surface area contributed by atoms with Crippen molar-refractivity contribution < 1.29 is 23.1 Å². The second-order valence-corrected chi connectivity index (χ2v) is 5.83. The van der Waals surface area contributed by atoms with Gasteiger partial charge in [-0.3, -0.25) is 9.59 Å². The van der Waals surface area contributed by atoms with Gasteiger partial charge in [0.1, 0.15) is 6.61 Å². The largest absolute Gasteiger partial charge is 0.372 e. The van der Waals surface area contributed by atoms with Gasteiger partial charge in [-0.05, 0) is 20.3 Å². The van der Waals surface area contributed by atoms with Crippen molar-refractivity contribution in [3.05, 3.63) is 0 Å². The summed E-state index contributed by atoms with van der Waals surface area (Å²) in [6, 6.07) is 0. The van der Waals surface area contributed by atoms with Crippen LogP contribution in [-0.2, 0) is 14.3 Å². The first kappa shape index (κ1) is 16.1. The Labute approximate surface area is 123 Å². The Hall–Kier alpha value is -1.24. The predicted octanol–water partition coefficient (Wildman–Crippen LogP) is 1.13. The van der Waals surface area contributed by atoms with E-state index in [-0.39, 0.29) is 19.1 Å². The molecule has 0 unspecified atom stereocenters. The number of ether oxygens (including phenoxy) is 1. The van der Waals surface area contributed by atoms with Gasteiger partial charge in [-0.2, -0.15) is 0 Å². The monoisotopic (exact) mass is 304 g/mol. The number of hydrogen-bond acceptors (Lipinski definition) is 3. The van der Waals surface area contributed by atoms with E-state index in [9.17, 15) is 18.4 Å². The number of amides is 2. The van der Waals surface area contributed by atoms with Crippen molar-refractivity contribution in [1.29, 1.82) is 0 Å². The average Bonchev–Trinajstić information content (AvgIpc) is 2.70. The Morgan fingerprint density at radius 2 is 2.05 bits per heavy atom. The highest BCUT2D eigenvalue weighted by Gasteiger charge is 2.57. The van der Waals surface area contributed by atoms with Gasteiger partial charge in [0.25, 0.3) is 5.92 Å². The highest BCUT2D eigenvalue weighted by Crippen LogP contribution is 2.45. The Balaban J connectivity index is 2.17. The summed E-state index contributed by atoms with van der Waals surface area (Å²) in [5, 5.41) is 0. The first-order valence-corrected chi connectivity index (χ1v) is 7.36. The lowest BCUT2D eigenvalue weighted by molar-refractivity contribution is -0.165. The van der Waals surface area contributed by atoms with Crippen molar-refractivity contribution in [1.82, 2.24) is 9.80 Å². The van der Waals surface area contributed by atoms with E-state index < -0.39 is 30.2 Å².